The number of rotatable bonds is 1. The van der Waals surface area contributed by atoms with Gasteiger partial charge in [-0.2, -0.15) is 0 Å². The van der Waals surface area contributed by atoms with Gasteiger partial charge >= 0.3 is 11.1 Å². The van der Waals surface area contributed by atoms with Crippen LogP contribution < -0.4 is 10.4 Å². The van der Waals surface area contributed by atoms with Crippen LogP contribution in [0.2, 0.25) is 0 Å². The lowest BCUT2D eigenvalue weighted by molar-refractivity contribution is 0.226. The SMILES string of the molecule is O=C(Cl)Oc1cccc2[nH]c(=O)[nH]c12. The number of carbonyl (C=O) groups excluding carboxylic acids is 1. The quantitative estimate of drug-likeness (QED) is 0.705. The highest BCUT2D eigenvalue weighted by atomic mass is 35.5. The molecule has 72 valence electrons. The summed E-state index contributed by atoms with van der Waals surface area (Å²) in [6.45, 7) is 0. The van der Waals surface area contributed by atoms with Crippen LogP contribution in [0.1, 0.15) is 0 Å². The summed E-state index contributed by atoms with van der Waals surface area (Å²) in [5.74, 6) is 0.223. The molecule has 0 aliphatic rings. The Morgan fingerprint density at radius 1 is 1.36 bits per heavy atom. The highest BCUT2D eigenvalue weighted by Gasteiger charge is 2.07. The molecule has 0 radical (unpaired) electrons. The van der Waals surface area contributed by atoms with Crippen LogP contribution in [0.25, 0.3) is 11.0 Å². The number of carbonyl (C=O) groups is 1. The first kappa shape index (κ1) is 8.83. The Balaban J connectivity index is 2.64. The van der Waals surface area contributed by atoms with Crippen LogP contribution in [0.3, 0.4) is 0 Å². The predicted molar refractivity (Wildman–Crippen MR) is 50.8 cm³/mol. The number of ether oxygens (including phenoxy) is 1. The second-order valence-electron chi connectivity index (χ2n) is 2.60. The molecule has 1 aromatic heterocycles. The number of para-hydroxylation sites is 1. The summed E-state index contributed by atoms with van der Waals surface area (Å²) in [7, 11) is 0. The van der Waals surface area contributed by atoms with Crippen LogP contribution in [0.4, 0.5) is 4.79 Å². The minimum atomic E-state index is -0.945. The minimum Gasteiger partial charge on any atom is -0.412 e. The number of nitrogens with one attached hydrogen (secondary N) is 2. The zero-order valence-electron chi connectivity index (χ0n) is 6.83. The fraction of sp³-hybridized carbons (Fsp3) is 0. The first-order valence-electron chi connectivity index (χ1n) is 3.75. The van der Waals surface area contributed by atoms with E-state index in [9.17, 15) is 9.59 Å². The van der Waals surface area contributed by atoms with Crippen molar-refractivity contribution in [3.63, 3.8) is 0 Å². The third-order valence-corrected chi connectivity index (χ3v) is 1.78. The van der Waals surface area contributed by atoms with E-state index in [0.717, 1.165) is 0 Å². The molecule has 2 rings (SSSR count). The van der Waals surface area contributed by atoms with Crippen molar-refractivity contribution in [3.05, 3.63) is 28.7 Å². The molecule has 6 heteroatoms. The molecule has 0 amide bonds. The van der Waals surface area contributed by atoms with Gasteiger partial charge < -0.3 is 14.7 Å². The molecule has 0 bridgehead atoms. The number of halogens is 1. The average molecular weight is 213 g/mol. The van der Waals surface area contributed by atoms with Gasteiger partial charge in [0, 0.05) is 11.6 Å². The summed E-state index contributed by atoms with van der Waals surface area (Å²) in [5, 5.41) is 0. The molecule has 0 spiro atoms. The topological polar surface area (TPSA) is 75.0 Å². The van der Waals surface area contributed by atoms with E-state index in [1.165, 1.54) is 6.07 Å². The number of hydrogen-bond acceptors (Lipinski definition) is 3. The average Bonchev–Trinajstić information content (AvgIpc) is 2.45. The van der Waals surface area contributed by atoms with E-state index in [0.29, 0.717) is 11.0 Å². The monoisotopic (exact) mass is 212 g/mol. The standard InChI is InChI=1S/C8H5ClN2O3/c9-7(12)14-5-3-1-2-4-6(5)11-8(13)10-4/h1-3H,(H2,10,11,13). The Bertz CT molecular complexity index is 543. The van der Waals surface area contributed by atoms with Crippen molar-refractivity contribution < 1.29 is 9.53 Å². The summed E-state index contributed by atoms with van der Waals surface area (Å²) >= 11 is 5.06. The lowest BCUT2D eigenvalue weighted by atomic mass is 10.3. The number of aromatic amines is 2. The molecule has 1 aromatic carbocycles. The van der Waals surface area contributed by atoms with Gasteiger partial charge in [0.1, 0.15) is 5.52 Å². The van der Waals surface area contributed by atoms with Crippen LogP contribution in [-0.2, 0) is 0 Å². The molecule has 0 saturated heterocycles. The number of fused-ring (bicyclic) bond motifs is 1. The molecule has 1 heterocycles. The van der Waals surface area contributed by atoms with Crippen molar-refractivity contribution >= 4 is 28.1 Å². The summed E-state index contributed by atoms with van der Waals surface area (Å²) in [5.41, 5.74) is -0.325. The van der Waals surface area contributed by atoms with Crippen LogP contribution in [0, 0.1) is 0 Å². The molecule has 14 heavy (non-hydrogen) atoms. The third-order valence-electron chi connectivity index (χ3n) is 1.70. The third kappa shape index (κ3) is 1.49. The van der Waals surface area contributed by atoms with E-state index in [-0.39, 0.29) is 11.4 Å². The van der Waals surface area contributed by atoms with Gasteiger partial charge in [0.25, 0.3) is 0 Å². The second kappa shape index (κ2) is 3.19. The van der Waals surface area contributed by atoms with Crippen LogP contribution >= 0.6 is 11.6 Å². The fourth-order valence-electron chi connectivity index (χ4n) is 1.20. The number of benzene rings is 1. The highest BCUT2D eigenvalue weighted by molar-refractivity contribution is 6.61. The Morgan fingerprint density at radius 3 is 2.86 bits per heavy atom. The lowest BCUT2D eigenvalue weighted by Crippen LogP contribution is -2.00. The Labute approximate surface area is 82.6 Å². The largest absolute Gasteiger partial charge is 0.412 e. The van der Waals surface area contributed by atoms with Crippen molar-refractivity contribution in [1.82, 2.24) is 9.97 Å². The molecule has 5 nitrogen and oxygen atoms in total. The summed E-state index contributed by atoms with van der Waals surface area (Å²) < 4.78 is 4.68. The van der Waals surface area contributed by atoms with Gasteiger partial charge in [-0.1, -0.05) is 6.07 Å². The smallest absolute Gasteiger partial charge is 0.409 e. The highest BCUT2D eigenvalue weighted by Crippen LogP contribution is 2.21. The number of H-pyrrole nitrogens is 2. The van der Waals surface area contributed by atoms with Crippen molar-refractivity contribution in [1.29, 1.82) is 0 Å². The Kier molecular flexibility index (Phi) is 2.01. The summed E-state index contributed by atoms with van der Waals surface area (Å²) in [6.07, 6.45) is 0. The maximum absolute atomic E-state index is 10.9. The molecule has 2 aromatic rings. The zero-order valence-corrected chi connectivity index (χ0v) is 7.59. The number of hydrogen-bond donors (Lipinski definition) is 2. The van der Waals surface area contributed by atoms with E-state index in [4.69, 9.17) is 11.6 Å². The maximum atomic E-state index is 10.9. The van der Waals surface area contributed by atoms with Gasteiger partial charge in [-0.25, -0.2) is 9.59 Å². The van der Waals surface area contributed by atoms with Gasteiger partial charge in [0.2, 0.25) is 0 Å². The van der Waals surface area contributed by atoms with Gasteiger partial charge in [-0.05, 0) is 12.1 Å². The lowest BCUT2D eigenvalue weighted by Gasteiger charge is -1.99. The fourth-order valence-corrected chi connectivity index (χ4v) is 1.29. The molecule has 0 aliphatic heterocycles. The predicted octanol–water partition coefficient (Wildman–Crippen LogP) is 1.59. The van der Waals surface area contributed by atoms with Crippen LogP contribution in [0.15, 0.2) is 23.0 Å². The van der Waals surface area contributed by atoms with E-state index in [1.807, 2.05) is 0 Å². The molecule has 2 N–H and O–H groups in total. The molecule has 0 atom stereocenters. The first-order valence-corrected chi connectivity index (χ1v) is 4.13. The van der Waals surface area contributed by atoms with Crippen molar-refractivity contribution in [2.75, 3.05) is 0 Å². The molecular formula is C8H5ClN2O3. The Hall–Kier alpha value is -1.75. The molecule has 0 unspecified atom stereocenters. The summed E-state index contributed by atoms with van der Waals surface area (Å²) in [4.78, 5) is 26.5. The van der Waals surface area contributed by atoms with Crippen molar-refractivity contribution in [2.24, 2.45) is 0 Å². The van der Waals surface area contributed by atoms with Crippen molar-refractivity contribution in [3.8, 4) is 5.75 Å². The molecule has 0 fully saturated rings. The van der Waals surface area contributed by atoms with E-state index >= 15 is 0 Å². The summed E-state index contributed by atoms with van der Waals surface area (Å²) in [6, 6.07) is 4.85. The minimum absolute atomic E-state index is 0.223. The molecule has 0 aliphatic carbocycles. The van der Waals surface area contributed by atoms with Gasteiger partial charge in [0.15, 0.2) is 5.75 Å². The second-order valence-corrected chi connectivity index (χ2v) is 2.91. The van der Waals surface area contributed by atoms with Crippen molar-refractivity contribution in [2.45, 2.75) is 0 Å². The normalized spacial score (nSPS) is 10.4. The molecule has 0 saturated carbocycles. The van der Waals surface area contributed by atoms with E-state index < -0.39 is 5.43 Å². The van der Waals surface area contributed by atoms with Crippen LogP contribution in [0.5, 0.6) is 5.75 Å². The maximum Gasteiger partial charge on any atom is 0.409 e. The van der Waals surface area contributed by atoms with Crippen LogP contribution in [-0.4, -0.2) is 15.4 Å². The van der Waals surface area contributed by atoms with E-state index in [2.05, 4.69) is 14.7 Å². The molecular weight excluding hydrogens is 208 g/mol. The zero-order chi connectivity index (χ0) is 10.1. The van der Waals surface area contributed by atoms with Gasteiger partial charge in [-0.15, -0.1) is 0 Å². The Morgan fingerprint density at radius 2 is 2.14 bits per heavy atom. The van der Waals surface area contributed by atoms with E-state index in [1.54, 1.807) is 12.1 Å². The van der Waals surface area contributed by atoms with Gasteiger partial charge in [0.05, 0.1) is 5.52 Å². The first-order chi connectivity index (χ1) is 6.66. The van der Waals surface area contributed by atoms with Gasteiger partial charge in [-0.3, -0.25) is 0 Å². The number of aromatic nitrogens is 2. The number of imidazole rings is 1.